The van der Waals surface area contributed by atoms with Crippen LogP contribution in [0.5, 0.6) is 5.75 Å². The lowest BCUT2D eigenvalue weighted by Gasteiger charge is -2.41. The molecule has 0 unspecified atom stereocenters. The summed E-state index contributed by atoms with van der Waals surface area (Å²) in [5.41, 5.74) is 1.27. The van der Waals surface area contributed by atoms with Crippen LogP contribution in [0.4, 0.5) is 4.39 Å². The Morgan fingerprint density at radius 2 is 1.72 bits per heavy atom. The van der Waals surface area contributed by atoms with Crippen LogP contribution in [0.1, 0.15) is 11.1 Å². The van der Waals surface area contributed by atoms with E-state index < -0.39 is 42.9 Å². The molecule has 1 aliphatic heterocycles. The van der Waals surface area contributed by atoms with Gasteiger partial charge in [-0.2, -0.15) is 0 Å². The molecule has 174 valence electrons. The first-order valence-electron chi connectivity index (χ1n) is 10.3. The maximum absolute atomic E-state index is 13.7. The van der Waals surface area contributed by atoms with E-state index in [0.717, 1.165) is 5.56 Å². The van der Waals surface area contributed by atoms with Gasteiger partial charge in [-0.1, -0.05) is 24.3 Å². The maximum Gasteiger partial charge on any atom is 0.227 e. The van der Waals surface area contributed by atoms with Crippen LogP contribution < -0.4 is 4.74 Å². The van der Waals surface area contributed by atoms with Gasteiger partial charge in [0.2, 0.25) is 5.91 Å². The third-order valence-electron chi connectivity index (χ3n) is 5.52. The van der Waals surface area contributed by atoms with E-state index in [4.69, 9.17) is 9.47 Å². The van der Waals surface area contributed by atoms with Gasteiger partial charge in [0.25, 0.3) is 0 Å². The number of halogens is 1. The van der Waals surface area contributed by atoms with Gasteiger partial charge in [0.05, 0.1) is 20.1 Å². The van der Waals surface area contributed by atoms with Crippen LogP contribution in [0, 0.1) is 5.82 Å². The Labute approximate surface area is 185 Å². The van der Waals surface area contributed by atoms with Crippen LogP contribution in [-0.4, -0.2) is 82.0 Å². The number of nitrogens with zero attached hydrogens (tertiary/aromatic N) is 1. The summed E-state index contributed by atoms with van der Waals surface area (Å²) in [6, 6.07) is 12.8. The topological polar surface area (TPSA) is 120 Å². The zero-order valence-corrected chi connectivity index (χ0v) is 17.7. The quantitative estimate of drug-likeness (QED) is 0.456. The molecule has 1 saturated heterocycles. The van der Waals surface area contributed by atoms with Crippen LogP contribution in [0.3, 0.4) is 0 Å². The number of carbonyl (C=O) groups excluding carboxylic acids is 1. The SMILES string of the molecule is COc1ccc(CC(=O)N(Cc2cccc(F)c2)C[C@@H]2O[C@H](CO)[C@@H](O)[C@H](O)[C@@H]2O)cc1. The molecule has 1 heterocycles. The van der Waals surface area contributed by atoms with Crippen molar-refractivity contribution in [3.63, 3.8) is 0 Å². The van der Waals surface area contributed by atoms with Gasteiger partial charge in [0.15, 0.2) is 0 Å². The van der Waals surface area contributed by atoms with Crippen molar-refractivity contribution in [1.82, 2.24) is 4.90 Å². The number of hydrogen-bond donors (Lipinski definition) is 4. The number of carbonyl (C=O) groups is 1. The van der Waals surface area contributed by atoms with Crippen molar-refractivity contribution in [3.05, 3.63) is 65.5 Å². The minimum absolute atomic E-state index is 0.0384. The summed E-state index contributed by atoms with van der Waals surface area (Å²) >= 11 is 0. The minimum atomic E-state index is -1.54. The Balaban J connectivity index is 1.80. The summed E-state index contributed by atoms with van der Waals surface area (Å²) < 4.78 is 24.4. The van der Waals surface area contributed by atoms with Crippen LogP contribution in [0.25, 0.3) is 0 Å². The lowest BCUT2D eigenvalue weighted by molar-refractivity contribution is -0.232. The standard InChI is InChI=1S/C23H28FNO7/c1-31-17-7-5-14(6-8-17)10-20(27)25(11-15-3-2-4-16(24)9-15)12-18-21(28)23(30)22(29)19(13-26)32-18/h2-9,18-19,21-23,26,28-30H,10-13H2,1H3/t18-,19+,21+,22+,23+/m0/s1. The second kappa shape index (κ2) is 10.8. The Hall–Kier alpha value is -2.56. The third kappa shape index (κ3) is 5.81. The summed E-state index contributed by atoms with van der Waals surface area (Å²) in [6.07, 6.45) is -6.60. The van der Waals surface area contributed by atoms with E-state index >= 15 is 0 Å². The van der Waals surface area contributed by atoms with Crippen LogP contribution in [-0.2, 0) is 22.5 Å². The first-order chi connectivity index (χ1) is 15.3. The number of hydrogen-bond acceptors (Lipinski definition) is 7. The number of ether oxygens (including phenoxy) is 2. The molecule has 1 aliphatic rings. The molecule has 4 N–H and O–H groups in total. The monoisotopic (exact) mass is 449 g/mol. The Morgan fingerprint density at radius 1 is 1.03 bits per heavy atom. The molecule has 8 nitrogen and oxygen atoms in total. The van der Waals surface area contributed by atoms with Crippen molar-refractivity contribution in [1.29, 1.82) is 0 Å². The molecule has 1 amide bonds. The summed E-state index contributed by atoms with van der Waals surface area (Å²) in [4.78, 5) is 14.5. The summed E-state index contributed by atoms with van der Waals surface area (Å²) in [5.74, 6) is -0.103. The van der Waals surface area contributed by atoms with E-state index in [1.807, 2.05) is 0 Å². The fourth-order valence-electron chi connectivity index (χ4n) is 3.69. The number of aliphatic hydroxyl groups is 4. The Kier molecular flexibility index (Phi) is 8.16. The lowest BCUT2D eigenvalue weighted by Crippen LogP contribution is -2.61. The smallest absolute Gasteiger partial charge is 0.227 e. The van der Waals surface area contributed by atoms with Gasteiger partial charge >= 0.3 is 0 Å². The highest BCUT2D eigenvalue weighted by Gasteiger charge is 2.44. The molecular formula is C23H28FNO7. The first kappa shape index (κ1) is 24.1. The van der Waals surface area contributed by atoms with Gasteiger partial charge in [-0.3, -0.25) is 4.79 Å². The molecule has 0 saturated carbocycles. The zero-order valence-electron chi connectivity index (χ0n) is 17.7. The summed E-state index contributed by atoms with van der Waals surface area (Å²) in [6.45, 7) is -0.653. The molecule has 0 bridgehead atoms. The maximum atomic E-state index is 13.7. The number of rotatable bonds is 8. The predicted octanol–water partition coefficient (Wildman–Crippen LogP) is 0.248. The number of aliphatic hydroxyl groups excluding tert-OH is 4. The van der Waals surface area contributed by atoms with Crippen LogP contribution in [0.15, 0.2) is 48.5 Å². The highest BCUT2D eigenvalue weighted by atomic mass is 19.1. The van der Waals surface area contributed by atoms with Crippen molar-refractivity contribution in [2.24, 2.45) is 0 Å². The van der Waals surface area contributed by atoms with Crippen LogP contribution >= 0.6 is 0 Å². The minimum Gasteiger partial charge on any atom is -0.497 e. The van der Waals surface area contributed by atoms with Crippen molar-refractivity contribution in [2.75, 3.05) is 20.3 Å². The van der Waals surface area contributed by atoms with Gasteiger partial charge < -0.3 is 34.8 Å². The predicted molar refractivity (Wildman–Crippen MR) is 112 cm³/mol. The molecule has 9 heteroatoms. The first-order valence-corrected chi connectivity index (χ1v) is 10.3. The van der Waals surface area contributed by atoms with Gasteiger partial charge in [0.1, 0.15) is 42.1 Å². The number of amides is 1. The average molecular weight is 449 g/mol. The van der Waals surface area contributed by atoms with E-state index in [1.165, 1.54) is 23.1 Å². The lowest BCUT2D eigenvalue weighted by atomic mass is 9.94. The highest BCUT2D eigenvalue weighted by Crippen LogP contribution is 2.23. The second-order valence-electron chi connectivity index (χ2n) is 7.80. The van der Waals surface area contributed by atoms with Gasteiger partial charge in [-0.05, 0) is 35.4 Å². The normalized spacial score (nSPS) is 25.4. The molecule has 0 spiro atoms. The molecule has 2 aromatic rings. The van der Waals surface area contributed by atoms with Crippen molar-refractivity contribution < 1.29 is 39.1 Å². The largest absolute Gasteiger partial charge is 0.497 e. The molecule has 1 fully saturated rings. The van der Waals surface area contributed by atoms with Crippen molar-refractivity contribution in [2.45, 2.75) is 43.5 Å². The average Bonchev–Trinajstić information content (AvgIpc) is 2.79. The Bertz CT molecular complexity index is 892. The van der Waals surface area contributed by atoms with E-state index in [9.17, 15) is 29.6 Å². The fourth-order valence-corrected chi connectivity index (χ4v) is 3.69. The molecule has 0 aromatic heterocycles. The van der Waals surface area contributed by atoms with Gasteiger partial charge in [0, 0.05) is 13.1 Å². The molecule has 5 atom stereocenters. The van der Waals surface area contributed by atoms with E-state index in [2.05, 4.69) is 0 Å². The van der Waals surface area contributed by atoms with Crippen molar-refractivity contribution >= 4 is 5.91 Å². The molecule has 0 aliphatic carbocycles. The fraction of sp³-hybridized carbons (Fsp3) is 0.435. The number of benzene rings is 2. The van der Waals surface area contributed by atoms with Gasteiger partial charge in [-0.25, -0.2) is 4.39 Å². The molecular weight excluding hydrogens is 421 g/mol. The zero-order chi connectivity index (χ0) is 23.3. The highest BCUT2D eigenvalue weighted by molar-refractivity contribution is 5.79. The van der Waals surface area contributed by atoms with Crippen molar-refractivity contribution in [3.8, 4) is 5.75 Å². The molecule has 2 aromatic carbocycles. The van der Waals surface area contributed by atoms with Gasteiger partial charge in [-0.15, -0.1) is 0 Å². The molecule has 0 radical (unpaired) electrons. The molecule has 32 heavy (non-hydrogen) atoms. The number of methoxy groups -OCH3 is 1. The van der Waals surface area contributed by atoms with E-state index in [0.29, 0.717) is 11.3 Å². The van der Waals surface area contributed by atoms with E-state index in [-0.39, 0.29) is 25.4 Å². The summed E-state index contributed by atoms with van der Waals surface area (Å²) in [5, 5.41) is 39.9. The van der Waals surface area contributed by atoms with Crippen LogP contribution in [0.2, 0.25) is 0 Å². The second-order valence-corrected chi connectivity index (χ2v) is 7.80. The summed E-state index contributed by atoms with van der Waals surface area (Å²) in [7, 11) is 1.54. The molecule has 3 rings (SSSR count). The Morgan fingerprint density at radius 3 is 2.34 bits per heavy atom. The van der Waals surface area contributed by atoms with E-state index in [1.54, 1.807) is 37.4 Å². The third-order valence-corrected chi connectivity index (χ3v) is 5.52.